The molecular formula is C23H18Cl2F5N3O3S. The lowest BCUT2D eigenvalue weighted by molar-refractivity contribution is -0.250. The van der Waals surface area contributed by atoms with Gasteiger partial charge in [0.2, 0.25) is 0 Å². The van der Waals surface area contributed by atoms with Gasteiger partial charge in [-0.05, 0) is 42.8 Å². The minimum atomic E-state index is -5.20. The Morgan fingerprint density at radius 2 is 1.92 bits per heavy atom. The third-order valence-corrected chi connectivity index (χ3v) is 7.29. The van der Waals surface area contributed by atoms with Crippen LogP contribution in [-0.2, 0) is 15.3 Å². The van der Waals surface area contributed by atoms with Gasteiger partial charge >= 0.3 is 11.8 Å². The van der Waals surface area contributed by atoms with Crippen LogP contribution in [-0.4, -0.2) is 54.1 Å². The summed E-state index contributed by atoms with van der Waals surface area (Å²) in [6.45, 7) is 0.334. The standard InChI is InChI=1S/C23H18Cl2F5N3O3S/c1-11-4-12(2-3-17(11)21(34)31-16-9-37-10-16)19-20(33-35-8-18(26)27)22(36-32-19,23(28,29)30)13-5-14(24)7-15(25)6-13/h2-7,16,18H,8-10H2,1H3,(H,31,34). The summed E-state index contributed by atoms with van der Waals surface area (Å²) in [7, 11) is 0. The van der Waals surface area contributed by atoms with Crippen LogP contribution in [0.15, 0.2) is 46.7 Å². The molecule has 2 aromatic carbocycles. The molecule has 1 fully saturated rings. The van der Waals surface area contributed by atoms with Crippen molar-refractivity contribution >= 4 is 52.3 Å². The molecular weight excluding hydrogens is 564 g/mol. The van der Waals surface area contributed by atoms with E-state index < -0.39 is 41.8 Å². The number of nitrogens with one attached hydrogen (secondary N) is 1. The molecule has 1 N–H and O–H groups in total. The lowest BCUT2D eigenvalue weighted by atomic mass is 9.84. The van der Waals surface area contributed by atoms with Gasteiger partial charge in [-0.3, -0.25) is 4.79 Å². The van der Waals surface area contributed by atoms with Crippen molar-refractivity contribution in [3.8, 4) is 0 Å². The maximum atomic E-state index is 14.7. The maximum Gasteiger partial charge on any atom is 0.441 e. The molecule has 1 amide bonds. The first kappa shape index (κ1) is 27.5. The van der Waals surface area contributed by atoms with Gasteiger partial charge in [0, 0.05) is 44.3 Å². The number of hydrogen-bond acceptors (Lipinski definition) is 6. The molecule has 4 rings (SSSR count). The Balaban J connectivity index is 1.78. The first-order chi connectivity index (χ1) is 17.4. The molecule has 0 aliphatic carbocycles. The Morgan fingerprint density at radius 3 is 2.46 bits per heavy atom. The Hall–Kier alpha value is -2.57. The fourth-order valence-corrected chi connectivity index (χ4v) is 4.93. The summed E-state index contributed by atoms with van der Waals surface area (Å²) in [5.41, 5.74) is -4.45. The molecule has 0 aromatic heterocycles. The molecule has 2 aromatic rings. The number of carbonyl (C=O) groups is 1. The number of amides is 1. The van der Waals surface area contributed by atoms with E-state index in [0.717, 1.165) is 23.6 Å². The summed E-state index contributed by atoms with van der Waals surface area (Å²) in [5.74, 6) is 1.26. The molecule has 2 aliphatic rings. The Labute approximate surface area is 222 Å². The van der Waals surface area contributed by atoms with Crippen LogP contribution in [0.4, 0.5) is 22.0 Å². The zero-order valence-corrected chi connectivity index (χ0v) is 21.2. The number of aryl methyl sites for hydroxylation is 1. The summed E-state index contributed by atoms with van der Waals surface area (Å²) >= 11 is 13.6. The molecule has 0 spiro atoms. The number of alkyl halides is 5. The van der Waals surface area contributed by atoms with E-state index in [9.17, 15) is 26.7 Å². The highest BCUT2D eigenvalue weighted by atomic mass is 35.5. The van der Waals surface area contributed by atoms with Crippen molar-refractivity contribution in [1.82, 2.24) is 5.32 Å². The smallest absolute Gasteiger partial charge is 0.389 e. The predicted molar refractivity (Wildman–Crippen MR) is 131 cm³/mol. The monoisotopic (exact) mass is 581 g/mol. The fourth-order valence-electron chi connectivity index (χ4n) is 3.77. The van der Waals surface area contributed by atoms with E-state index in [0.29, 0.717) is 11.1 Å². The van der Waals surface area contributed by atoms with E-state index >= 15 is 0 Å². The molecule has 14 heteroatoms. The van der Waals surface area contributed by atoms with Crippen LogP contribution in [0.25, 0.3) is 0 Å². The van der Waals surface area contributed by atoms with Crippen LogP contribution in [0.1, 0.15) is 27.0 Å². The average molecular weight is 582 g/mol. The third-order valence-electron chi connectivity index (χ3n) is 5.57. The van der Waals surface area contributed by atoms with Gasteiger partial charge < -0.3 is 15.0 Å². The van der Waals surface area contributed by atoms with Gasteiger partial charge in [0.1, 0.15) is 5.71 Å². The largest absolute Gasteiger partial charge is 0.441 e. The van der Waals surface area contributed by atoms with Crippen LogP contribution in [0.3, 0.4) is 0 Å². The molecule has 198 valence electrons. The molecule has 0 saturated carbocycles. The number of halogens is 7. The number of nitrogens with zero attached hydrogens (tertiary/aromatic N) is 2. The second-order valence-electron chi connectivity index (χ2n) is 8.23. The summed E-state index contributed by atoms with van der Waals surface area (Å²) in [5, 5.41) is 9.66. The van der Waals surface area contributed by atoms with E-state index in [4.69, 9.17) is 28.0 Å². The Kier molecular flexibility index (Phi) is 7.91. The summed E-state index contributed by atoms with van der Waals surface area (Å²) in [4.78, 5) is 22.1. The third kappa shape index (κ3) is 5.51. The van der Waals surface area contributed by atoms with Gasteiger partial charge in [0.05, 0.1) is 0 Å². The van der Waals surface area contributed by atoms with E-state index in [1.807, 2.05) is 0 Å². The van der Waals surface area contributed by atoms with Crippen LogP contribution >= 0.6 is 35.0 Å². The number of thioether (sulfide) groups is 1. The summed E-state index contributed by atoms with van der Waals surface area (Å²) in [6, 6.07) is 7.39. The zero-order valence-electron chi connectivity index (χ0n) is 18.9. The van der Waals surface area contributed by atoms with Gasteiger partial charge in [0.15, 0.2) is 12.3 Å². The summed E-state index contributed by atoms with van der Waals surface area (Å²) < 4.78 is 69.5. The van der Waals surface area contributed by atoms with Crippen LogP contribution < -0.4 is 5.32 Å². The lowest BCUT2D eigenvalue weighted by Crippen LogP contribution is -2.50. The van der Waals surface area contributed by atoms with Crippen molar-refractivity contribution in [2.45, 2.75) is 31.2 Å². The fraction of sp³-hybridized carbons (Fsp3) is 0.348. The minimum Gasteiger partial charge on any atom is -0.389 e. The first-order valence-corrected chi connectivity index (χ1v) is 12.6. The average Bonchev–Trinajstić information content (AvgIpc) is 3.15. The van der Waals surface area contributed by atoms with Crippen LogP contribution in [0.5, 0.6) is 0 Å². The van der Waals surface area contributed by atoms with Gasteiger partial charge in [-0.1, -0.05) is 39.6 Å². The van der Waals surface area contributed by atoms with Crippen LogP contribution in [0.2, 0.25) is 10.0 Å². The van der Waals surface area contributed by atoms with E-state index in [2.05, 4.69) is 20.5 Å². The highest BCUT2D eigenvalue weighted by Crippen LogP contribution is 2.48. The van der Waals surface area contributed by atoms with Gasteiger partial charge in [-0.15, -0.1) is 0 Å². The second kappa shape index (κ2) is 10.7. The Bertz CT molecular complexity index is 1250. The number of rotatable bonds is 7. The quantitative estimate of drug-likeness (QED) is 0.323. The van der Waals surface area contributed by atoms with Crippen molar-refractivity contribution in [3.05, 3.63) is 68.7 Å². The normalized spacial score (nSPS) is 21.0. The first-order valence-electron chi connectivity index (χ1n) is 10.7. The van der Waals surface area contributed by atoms with Crippen molar-refractivity contribution in [2.75, 3.05) is 18.1 Å². The Morgan fingerprint density at radius 1 is 1.24 bits per heavy atom. The highest BCUT2D eigenvalue weighted by Gasteiger charge is 2.67. The van der Waals surface area contributed by atoms with Crippen molar-refractivity contribution in [1.29, 1.82) is 0 Å². The number of oxime groups is 2. The van der Waals surface area contributed by atoms with Gasteiger partial charge in [0.25, 0.3) is 12.3 Å². The van der Waals surface area contributed by atoms with E-state index in [1.54, 1.807) is 18.7 Å². The second-order valence-corrected chi connectivity index (χ2v) is 10.2. The van der Waals surface area contributed by atoms with Gasteiger partial charge in [-0.25, -0.2) is 8.78 Å². The lowest BCUT2D eigenvalue weighted by Gasteiger charge is -2.30. The summed E-state index contributed by atoms with van der Waals surface area (Å²) in [6.07, 6.45) is -8.20. The molecule has 0 radical (unpaired) electrons. The molecule has 6 nitrogen and oxygen atoms in total. The van der Waals surface area contributed by atoms with Crippen LogP contribution in [0, 0.1) is 6.92 Å². The molecule has 0 bridgehead atoms. The van der Waals surface area contributed by atoms with Crippen molar-refractivity contribution in [2.24, 2.45) is 10.3 Å². The number of carbonyl (C=O) groups excluding carboxylic acids is 1. The van der Waals surface area contributed by atoms with Gasteiger partial charge in [-0.2, -0.15) is 24.9 Å². The minimum absolute atomic E-state index is 0.0480. The van der Waals surface area contributed by atoms with Crippen molar-refractivity contribution < 1.29 is 36.4 Å². The number of hydrogen-bond donors (Lipinski definition) is 1. The molecule has 2 aliphatic heterocycles. The SMILES string of the molecule is Cc1cc(C2=NOC(c3cc(Cl)cc(Cl)c3)(C(F)(F)F)C2=NOCC(F)F)ccc1C(=O)NC1CSC1. The predicted octanol–water partition coefficient (Wildman–Crippen LogP) is 5.98. The van der Waals surface area contributed by atoms with E-state index in [-0.39, 0.29) is 27.6 Å². The topological polar surface area (TPSA) is 72.3 Å². The maximum absolute atomic E-state index is 14.7. The molecule has 1 atom stereocenters. The zero-order chi connectivity index (χ0) is 27.0. The number of benzene rings is 2. The van der Waals surface area contributed by atoms with Crippen molar-refractivity contribution in [3.63, 3.8) is 0 Å². The molecule has 2 heterocycles. The molecule has 1 saturated heterocycles. The molecule has 37 heavy (non-hydrogen) atoms. The molecule has 1 unspecified atom stereocenters. The van der Waals surface area contributed by atoms with E-state index in [1.165, 1.54) is 24.3 Å². The highest BCUT2D eigenvalue weighted by molar-refractivity contribution is 8.00.